The minimum atomic E-state index is -1.43. The molecule has 0 spiro atoms. The highest BCUT2D eigenvalue weighted by atomic mass is 16.5. The maximum atomic E-state index is 13.6. The Morgan fingerprint density at radius 1 is 0.778 bits per heavy atom. The second kappa shape index (κ2) is 26.3. The summed E-state index contributed by atoms with van der Waals surface area (Å²) in [5.41, 5.74) is 22.9. The Labute approximate surface area is 314 Å². The first kappa shape index (κ1) is 48.5. The van der Waals surface area contributed by atoms with E-state index in [1.807, 2.05) is 0 Å². The van der Waals surface area contributed by atoms with E-state index >= 15 is 0 Å². The van der Waals surface area contributed by atoms with E-state index < -0.39 is 84.1 Å². The van der Waals surface area contributed by atoms with Gasteiger partial charge >= 0.3 is 11.9 Å². The number of benzene rings is 1. The topological polar surface area (TPSA) is 354 Å². The number of phenolic OH excluding ortho intramolecular Hbond substituents is 1. The molecule has 20 nitrogen and oxygen atoms in total. The van der Waals surface area contributed by atoms with Crippen molar-refractivity contribution in [3.05, 3.63) is 29.8 Å². The summed E-state index contributed by atoms with van der Waals surface area (Å²) < 4.78 is 4.85. The highest BCUT2D eigenvalue weighted by molar-refractivity contribution is 5.95. The lowest BCUT2D eigenvalue weighted by molar-refractivity contribution is -0.145. The summed E-state index contributed by atoms with van der Waals surface area (Å²) in [6.45, 7) is 4.93. The number of carbonyl (C=O) groups is 7. The molecule has 0 aliphatic rings. The number of esters is 1. The zero-order chi connectivity index (χ0) is 41.4. The first-order valence-corrected chi connectivity index (χ1v) is 17.3. The molecule has 0 aliphatic carbocycles. The number of carbonyl (C=O) groups excluding carboxylic acids is 5. The van der Waals surface area contributed by atoms with Gasteiger partial charge in [-0.15, -0.1) is 0 Å². The molecule has 0 aromatic heterocycles. The molecule has 0 fully saturated rings. The molecule has 15 N–H and O–H groups in total. The van der Waals surface area contributed by atoms with Gasteiger partial charge < -0.3 is 64.3 Å². The molecular formula is C34H57N9O11. The number of nitrogens with two attached hydrogens (primary N) is 4. The fourth-order valence-corrected chi connectivity index (χ4v) is 4.75. The molecule has 0 bridgehead atoms. The number of ether oxygens (including phenoxy) is 1. The first-order valence-electron chi connectivity index (χ1n) is 17.3. The monoisotopic (exact) mass is 767 g/mol. The predicted molar refractivity (Wildman–Crippen MR) is 197 cm³/mol. The molecule has 0 aliphatic heterocycles. The SMILES string of the molecule is CC(=O)O.COC(=O)[C@H](Cc1ccc(O)cc1)NC(=O)[C@@H](NC(=O)[C@H](CCC(=O)O)NC(=O)[C@H](CCCN=C(N)N)NC(=O)[C@@H](N)CCCCN)C(C)C. The van der Waals surface area contributed by atoms with Gasteiger partial charge in [0.2, 0.25) is 23.6 Å². The normalized spacial score (nSPS) is 13.3. The van der Waals surface area contributed by atoms with Gasteiger partial charge in [-0.3, -0.25) is 33.8 Å². The molecule has 54 heavy (non-hydrogen) atoms. The van der Waals surface area contributed by atoms with Crippen LogP contribution in [0.4, 0.5) is 0 Å². The number of guanidine groups is 1. The van der Waals surface area contributed by atoms with Gasteiger partial charge in [-0.1, -0.05) is 32.4 Å². The molecule has 0 saturated heterocycles. The van der Waals surface area contributed by atoms with Crippen LogP contribution in [-0.2, 0) is 44.7 Å². The molecule has 0 unspecified atom stereocenters. The Morgan fingerprint density at radius 3 is 1.83 bits per heavy atom. The van der Waals surface area contributed by atoms with Gasteiger partial charge in [-0.05, 0) is 62.3 Å². The number of aliphatic imine (C=N–C) groups is 1. The summed E-state index contributed by atoms with van der Waals surface area (Å²) in [5, 5.41) is 36.6. The Kier molecular flexibility index (Phi) is 23.6. The highest BCUT2D eigenvalue weighted by Crippen LogP contribution is 2.13. The molecule has 1 aromatic rings. The molecule has 0 radical (unpaired) electrons. The van der Waals surface area contributed by atoms with Crippen LogP contribution < -0.4 is 44.2 Å². The molecule has 20 heteroatoms. The molecule has 304 valence electrons. The lowest BCUT2D eigenvalue weighted by atomic mass is 10.00. The Balaban J connectivity index is 0.00000666. The van der Waals surface area contributed by atoms with Crippen molar-refractivity contribution in [1.82, 2.24) is 21.3 Å². The highest BCUT2D eigenvalue weighted by Gasteiger charge is 2.33. The number of aliphatic carboxylic acids is 2. The Bertz CT molecular complexity index is 1400. The van der Waals surface area contributed by atoms with Gasteiger partial charge in [0.05, 0.1) is 13.2 Å². The number of phenols is 1. The summed E-state index contributed by atoms with van der Waals surface area (Å²) in [6, 6.07) is 0.0514. The van der Waals surface area contributed by atoms with Crippen molar-refractivity contribution in [2.75, 3.05) is 20.2 Å². The minimum Gasteiger partial charge on any atom is -0.508 e. The number of carboxylic acids is 2. The van der Waals surface area contributed by atoms with Crippen LogP contribution >= 0.6 is 0 Å². The van der Waals surface area contributed by atoms with E-state index in [0.717, 1.165) is 14.0 Å². The van der Waals surface area contributed by atoms with Crippen LogP contribution in [0.3, 0.4) is 0 Å². The molecule has 0 saturated carbocycles. The fourth-order valence-electron chi connectivity index (χ4n) is 4.75. The average Bonchev–Trinajstić information content (AvgIpc) is 3.09. The molecule has 0 heterocycles. The van der Waals surface area contributed by atoms with Crippen LogP contribution in [0.5, 0.6) is 5.75 Å². The van der Waals surface area contributed by atoms with E-state index in [-0.39, 0.29) is 43.9 Å². The number of nitrogens with one attached hydrogen (secondary N) is 4. The fraction of sp³-hybridized carbons (Fsp3) is 0.588. The third kappa shape index (κ3) is 21.1. The largest absolute Gasteiger partial charge is 0.508 e. The van der Waals surface area contributed by atoms with E-state index in [1.165, 1.54) is 12.1 Å². The summed E-state index contributed by atoms with van der Waals surface area (Å²) >= 11 is 0. The Hall–Kier alpha value is -5.50. The van der Waals surface area contributed by atoms with Crippen LogP contribution in [0.1, 0.15) is 71.3 Å². The summed E-state index contributed by atoms with van der Waals surface area (Å²) in [7, 11) is 1.15. The number of hydrogen-bond donors (Lipinski definition) is 11. The van der Waals surface area contributed by atoms with E-state index in [0.29, 0.717) is 31.4 Å². The van der Waals surface area contributed by atoms with E-state index in [9.17, 15) is 39.0 Å². The van der Waals surface area contributed by atoms with Crippen molar-refractivity contribution < 1.29 is 53.6 Å². The van der Waals surface area contributed by atoms with Gasteiger partial charge in [0.1, 0.15) is 29.9 Å². The number of nitrogens with zero attached hydrogens (tertiary/aromatic N) is 1. The van der Waals surface area contributed by atoms with Crippen LogP contribution in [0.25, 0.3) is 0 Å². The average molecular weight is 768 g/mol. The lowest BCUT2D eigenvalue weighted by Crippen LogP contribution is -2.59. The number of carboxylic acid groups (broad SMARTS) is 2. The van der Waals surface area contributed by atoms with Gasteiger partial charge in [0.25, 0.3) is 5.97 Å². The quantitative estimate of drug-likeness (QED) is 0.0252. The van der Waals surface area contributed by atoms with Gasteiger partial charge in [0, 0.05) is 26.3 Å². The van der Waals surface area contributed by atoms with Crippen molar-refractivity contribution in [3.8, 4) is 5.75 Å². The molecule has 1 rings (SSSR count). The lowest BCUT2D eigenvalue weighted by Gasteiger charge is -2.28. The summed E-state index contributed by atoms with van der Waals surface area (Å²) in [4.78, 5) is 90.2. The van der Waals surface area contributed by atoms with Gasteiger partial charge in [-0.25, -0.2) is 4.79 Å². The number of methoxy groups -OCH3 is 1. The number of unbranched alkanes of at least 4 members (excludes halogenated alkanes) is 1. The maximum Gasteiger partial charge on any atom is 0.328 e. The number of rotatable bonds is 23. The van der Waals surface area contributed by atoms with Crippen LogP contribution in [0.15, 0.2) is 29.3 Å². The van der Waals surface area contributed by atoms with Gasteiger partial charge in [0.15, 0.2) is 5.96 Å². The first-order chi connectivity index (χ1) is 25.3. The summed E-state index contributed by atoms with van der Waals surface area (Å²) in [5.74, 6) is -6.51. The van der Waals surface area contributed by atoms with Crippen LogP contribution in [0, 0.1) is 5.92 Å². The maximum absolute atomic E-state index is 13.6. The molecule has 1 aromatic carbocycles. The predicted octanol–water partition coefficient (Wildman–Crippen LogP) is -1.83. The number of aromatic hydroxyl groups is 1. The molecular weight excluding hydrogens is 710 g/mol. The van der Waals surface area contributed by atoms with E-state index in [1.54, 1.807) is 26.0 Å². The summed E-state index contributed by atoms with van der Waals surface area (Å²) in [6.07, 6.45) is 1.02. The third-order valence-electron chi connectivity index (χ3n) is 7.59. The number of hydrogen-bond acceptors (Lipinski definition) is 12. The zero-order valence-corrected chi connectivity index (χ0v) is 31.2. The standard InChI is InChI=1S/C32H53N9O9.C2H4O2/c1-18(2)26(30(48)40-24(31(49)50-3)17-19-9-11-20(42)12-10-19)41-29(47)23(13-14-25(43)44)39-28(46)22(8-6-16-37-32(35)36)38-27(45)21(34)7-4-5-15-33;1-2(3)4/h9-12,18,21-24,26,42H,4-8,13-17,33-34H2,1-3H3,(H,38,45)(H,39,46)(H,40,48)(H,41,47)(H,43,44)(H4,35,36,37);1H3,(H,3,4)/t21-,22-,23-,24-,26-;/m0./s1. The Morgan fingerprint density at radius 2 is 1.31 bits per heavy atom. The van der Waals surface area contributed by atoms with Crippen molar-refractivity contribution in [1.29, 1.82) is 0 Å². The molecule has 5 atom stereocenters. The zero-order valence-electron chi connectivity index (χ0n) is 31.2. The third-order valence-corrected chi connectivity index (χ3v) is 7.59. The second-order valence-electron chi connectivity index (χ2n) is 12.6. The minimum absolute atomic E-state index is 0.0149. The second-order valence-corrected chi connectivity index (χ2v) is 12.6. The van der Waals surface area contributed by atoms with Crippen molar-refractivity contribution in [2.45, 2.75) is 102 Å². The smallest absolute Gasteiger partial charge is 0.328 e. The number of amides is 4. The van der Waals surface area contributed by atoms with Crippen LogP contribution in [-0.4, -0.2) is 113 Å². The van der Waals surface area contributed by atoms with Crippen molar-refractivity contribution in [3.63, 3.8) is 0 Å². The van der Waals surface area contributed by atoms with Crippen LogP contribution in [0.2, 0.25) is 0 Å². The van der Waals surface area contributed by atoms with Crippen molar-refractivity contribution in [2.24, 2.45) is 33.8 Å². The van der Waals surface area contributed by atoms with E-state index in [2.05, 4.69) is 26.3 Å². The van der Waals surface area contributed by atoms with E-state index in [4.69, 9.17) is 37.6 Å². The molecule has 4 amide bonds. The van der Waals surface area contributed by atoms with Gasteiger partial charge in [-0.2, -0.15) is 0 Å². The van der Waals surface area contributed by atoms with Crippen molar-refractivity contribution >= 4 is 47.5 Å².